The van der Waals surface area contributed by atoms with Crippen molar-refractivity contribution in [2.75, 3.05) is 0 Å². The fourth-order valence-corrected chi connectivity index (χ4v) is 8.20. The van der Waals surface area contributed by atoms with E-state index in [0.29, 0.717) is 0 Å². The van der Waals surface area contributed by atoms with Crippen molar-refractivity contribution in [3.8, 4) is 56.9 Å². The van der Waals surface area contributed by atoms with E-state index < -0.39 is 0 Å². The average molecular weight is 653 g/mol. The smallest absolute Gasteiger partial charge is 0.260 e. The largest absolute Gasteiger partial charge is 0.458 e. The predicted octanol–water partition coefficient (Wildman–Crippen LogP) is 9.64. The number of hydrogen-bond acceptors (Lipinski definition) is 2. The number of aromatic nitrogens is 2. The Balaban J connectivity index is 1.13. The highest BCUT2D eigenvalue weighted by atomic mass is 16.5. The number of rotatable bonds is 4. The van der Waals surface area contributed by atoms with E-state index in [4.69, 9.17) is 9.47 Å². The van der Waals surface area contributed by atoms with Gasteiger partial charge >= 0.3 is 0 Å². The van der Waals surface area contributed by atoms with Crippen LogP contribution in [0.5, 0.6) is 23.0 Å². The highest BCUT2D eigenvalue weighted by Crippen LogP contribution is 2.39. The molecule has 7 aromatic carbocycles. The first-order valence-corrected chi connectivity index (χ1v) is 17.4. The minimum atomic E-state index is -0.0762. The molecule has 0 saturated carbocycles. The lowest BCUT2D eigenvalue weighted by atomic mass is 9.34. The minimum absolute atomic E-state index is 0.0762. The Morgan fingerprint density at radius 1 is 0.373 bits per heavy atom. The molecule has 0 bridgehead atoms. The molecule has 2 aromatic heterocycles. The van der Waals surface area contributed by atoms with Gasteiger partial charge in [-0.05, 0) is 107 Å². The third kappa shape index (κ3) is 4.28. The Morgan fingerprint density at radius 3 is 1.31 bits per heavy atom. The summed E-state index contributed by atoms with van der Waals surface area (Å²) in [7, 11) is 0. The molecule has 4 nitrogen and oxygen atoms in total. The second-order valence-electron chi connectivity index (χ2n) is 13.3. The normalized spacial score (nSPS) is 12.6. The van der Waals surface area contributed by atoms with E-state index in [9.17, 15) is 0 Å². The van der Waals surface area contributed by atoms with E-state index in [1.165, 1.54) is 21.8 Å². The van der Waals surface area contributed by atoms with Crippen molar-refractivity contribution in [1.29, 1.82) is 0 Å². The molecule has 0 aliphatic carbocycles. The summed E-state index contributed by atoms with van der Waals surface area (Å²) in [6.07, 6.45) is 0. The monoisotopic (exact) mass is 652 g/mol. The van der Waals surface area contributed by atoms with Crippen LogP contribution in [0.1, 0.15) is 0 Å². The molecule has 11 rings (SSSR count). The molecule has 0 N–H and O–H groups in total. The molecule has 0 radical (unpaired) electrons. The standard InChI is InChI=1S/C46H29BN2O2/c1-3-14-34(15-4-1)48-38-18-9-7-12-30(38)28-40(48)32-22-24-42-36(26-32)47-37-27-33(23-25-43(37)51-45-21-11-20-44(50-42)46(45)47)41-29-31-13-8-10-19-39(31)49(41)35-16-5-2-6-17-35/h1-29H. The summed E-state index contributed by atoms with van der Waals surface area (Å²) in [5.74, 6) is 3.41. The van der Waals surface area contributed by atoms with Crippen molar-refractivity contribution in [1.82, 2.24) is 9.13 Å². The number of hydrogen-bond donors (Lipinski definition) is 0. The summed E-state index contributed by atoms with van der Waals surface area (Å²) in [5, 5.41) is 2.40. The number of nitrogens with zero attached hydrogens (tertiary/aromatic N) is 2. The summed E-state index contributed by atoms with van der Waals surface area (Å²) < 4.78 is 18.0. The van der Waals surface area contributed by atoms with E-state index in [0.717, 1.165) is 73.3 Å². The maximum Gasteiger partial charge on any atom is 0.260 e. The van der Waals surface area contributed by atoms with E-state index in [1.807, 2.05) is 6.07 Å². The van der Waals surface area contributed by atoms with Gasteiger partial charge < -0.3 is 18.6 Å². The lowest BCUT2D eigenvalue weighted by Crippen LogP contribution is -2.57. The Hall–Kier alpha value is -6.72. The lowest BCUT2D eigenvalue weighted by molar-refractivity contribution is 0.464. The number of fused-ring (bicyclic) bond motifs is 6. The maximum absolute atomic E-state index is 6.64. The molecule has 51 heavy (non-hydrogen) atoms. The van der Waals surface area contributed by atoms with Crippen LogP contribution in [-0.2, 0) is 0 Å². The minimum Gasteiger partial charge on any atom is -0.458 e. The van der Waals surface area contributed by atoms with Gasteiger partial charge in [-0.15, -0.1) is 0 Å². The molecular weight excluding hydrogens is 623 g/mol. The fraction of sp³-hybridized carbons (Fsp3) is 0. The Morgan fingerprint density at radius 2 is 0.824 bits per heavy atom. The third-order valence-electron chi connectivity index (χ3n) is 10.4. The molecule has 238 valence electrons. The predicted molar refractivity (Wildman–Crippen MR) is 209 cm³/mol. The van der Waals surface area contributed by atoms with Crippen molar-refractivity contribution in [2.45, 2.75) is 0 Å². The zero-order valence-corrected chi connectivity index (χ0v) is 27.5. The summed E-state index contributed by atoms with van der Waals surface area (Å²) in [6, 6.07) is 62.4. The Labute approximate surface area is 295 Å². The van der Waals surface area contributed by atoms with Crippen LogP contribution in [0, 0.1) is 0 Å². The molecule has 0 amide bonds. The maximum atomic E-state index is 6.64. The Bertz CT molecular complexity index is 2630. The van der Waals surface area contributed by atoms with Crippen molar-refractivity contribution in [3.63, 3.8) is 0 Å². The first kappa shape index (κ1) is 28.2. The zero-order valence-electron chi connectivity index (χ0n) is 27.5. The fourth-order valence-electron chi connectivity index (χ4n) is 8.20. The van der Waals surface area contributed by atoms with Crippen LogP contribution >= 0.6 is 0 Å². The van der Waals surface area contributed by atoms with Gasteiger partial charge in [0, 0.05) is 27.6 Å². The first-order chi connectivity index (χ1) is 25.3. The molecular formula is C46H29BN2O2. The van der Waals surface area contributed by atoms with Crippen LogP contribution in [0.3, 0.4) is 0 Å². The van der Waals surface area contributed by atoms with E-state index in [2.05, 4.69) is 179 Å². The molecule has 0 atom stereocenters. The van der Waals surface area contributed by atoms with E-state index >= 15 is 0 Å². The van der Waals surface area contributed by atoms with Crippen molar-refractivity contribution < 1.29 is 9.47 Å². The van der Waals surface area contributed by atoms with Crippen molar-refractivity contribution in [2.24, 2.45) is 0 Å². The van der Waals surface area contributed by atoms with Gasteiger partial charge in [0.15, 0.2) is 0 Å². The number of ether oxygens (including phenoxy) is 2. The van der Waals surface area contributed by atoms with Crippen LogP contribution in [0.2, 0.25) is 0 Å². The topological polar surface area (TPSA) is 28.3 Å². The summed E-state index contributed by atoms with van der Waals surface area (Å²) in [4.78, 5) is 0. The molecule has 0 fully saturated rings. The van der Waals surface area contributed by atoms with Crippen LogP contribution in [0.25, 0.3) is 55.7 Å². The van der Waals surface area contributed by atoms with Crippen LogP contribution in [-0.4, -0.2) is 15.8 Å². The second-order valence-corrected chi connectivity index (χ2v) is 13.3. The highest BCUT2D eigenvalue weighted by molar-refractivity contribution is 6.98. The summed E-state index contributed by atoms with van der Waals surface area (Å²) in [5.41, 5.74) is 12.5. The number of benzene rings is 7. The van der Waals surface area contributed by atoms with Gasteiger partial charge in [-0.3, -0.25) is 0 Å². The lowest BCUT2D eigenvalue weighted by Gasteiger charge is -2.33. The SMILES string of the molecule is c1ccc(-n2c(-c3ccc4c(c3)B3c5cc(-c6cc7ccccc7n6-c6ccccc6)ccc5Oc5cccc(c53)O4)cc3ccccc32)cc1. The molecule has 0 unspecified atom stereocenters. The third-order valence-corrected chi connectivity index (χ3v) is 10.4. The summed E-state index contributed by atoms with van der Waals surface area (Å²) in [6.45, 7) is -0.0762. The average Bonchev–Trinajstić information content (AvgIpc) is 3.78. The van der Waals surface area contributed by atoms with Crippen molar-refractivity contribution >= 4 is 44.9 Å². The van der Waals surface area contributed by atoms with Crippen LogP contribution < -0.4 is 25.9 Å². The quantitative estimate of drug-likeness (QED) is 0.177. The van der Waals surface area contributed by atoms with Gasteiger partial charge in [0.25, 0.3) is 6.71 Å². The van der Waals surface area contributed by atoms with Gasteiger partial charge in [0.1, 0.15) is 23.0 Å². The molecule has 2 aliphatic heterocycles. The summed E-state index contributed by atoms with van der Waals surface area (Å²) >= 11 is 0. The highest BCUT2D eigenvalue weighted by Gasteiger charge is 2.40. The first-order valence-electron chi connectivity index (χ1n) is 17.4. The van der Waals surface area contributed by atoms with Gasteiger partial charge in [0.2, 0.25) is 0 Å². The van der Waals surface area contributed by atoms with Crippen LogP contribution in [0.15, 0.2) is 176 Å². The van der Waals surface area contributed by atoms with E-state index in [-0.39, 0.29) is 6.71 Å². The zero-order chi connectivity index (χ0) is 33.5. The molecule has 9 aromatic rings. The van der Waals surface area contributed by atoms with Crippen molar-refractivity contribution in [3.05, 3.63) is 176 Å². The molecule has 0 spiro atoms. The van der Waals surface area contributed by atoms with Gasteiger partial charge in [0.05, 0.1) is 22.4 Å². The molecule has 0 saturated heterocycles. The Kier molecular flexibility index (Phi) is 6.01. The van der Waals surface area contributed by atoms with Crippen LogP contribution in [0.4, 0.5) is 0 Å². The molecule has 2 aliphatic rings. The van der Waals surface area contributed by atoms with Gasteiger partial charge in [-0.25, -0.2) is 0 Å². The molecule has 4 heterocycles. The van der Waals surface area contributed by atoms with Gasteiger partial charge in [-0.1, -0.05) is 91.0 Å². The van der Waals surface area contributed by atoms with E-state index in [1.54, 1.807) is 0 Å². The van der Waals surface area contributed by atoms with Gasteiger partial charge in [-0.2, -0.15) is 0 Å². The second kappa shape index (κ2) is 10.9. The molecule has 5 heteroatoms. The number of para-hydroxylation sites is 4.